The third-order valence-corrected chi connectivity index (χ3v) is 9.92. The molecule has 1 aromatic carbocycles. The van der Waals surface area contributed by atoms with Crippen LogP contribution in [0.25, 0.3) is 0 Å². The summed E-state index contributed by atoms with van der Waals surface area (Å²) in [6, 6.07) is 8.08. The molecule has 0 radical (unpaired) electrons. The van der Waals surface area contributed by atoms with Crippen molar-refractivity contribution >= 4 is 24.1 Å². The Labute approximate surface area is 320 Å². The lowest BCUT2D eigenvalue weighted by Crippen LogP contribution is -2.53. The lowest BCUT2D eigenvalue weighted by molar-refractivity contribution is -0.138. The van der Waals surface area contributed by atoms with Gasteiger partial charge in [-0.1, -0.05) is 98.6 Å². The minimum atomic E-state index is -0.806. The molecular formula is C40H74N6O7. The predicted molar refractivity (Wildman–Crippen MR) is 212 cm³/mol. The Morgan fingerprint density at radius 1 is 1.00 bits per heavy atom. The number of carbonyl (C=O) groups is 4. The normalized spacial score (nSPS) is 19.8. The molecule has 13 heteroatoms. The fraction of sp³-hybridized carbons (Fsp3) is 0.750. The second kappa shape index (κ2) is 26.6. The van der Waals surface area contributed by atoms with Crippen LogP contribution in [-0.4, -0.2) is 123 Å². The molecular weight excluding hydrogens is 676 g/mol. The van der Waals surface area contributed by atoms with Gasteiger partial charge in [0.05, 0.1) is 54.9 Å². The number of nitrogens with one attached hydrogen (secondary N) is 3. The van der Waals surface area contributed by atoms with Gasteiger partial charge in [0, 0.05) is 33.9 Å². The monoisotopic (exact) mass is 751 g/mol. The van der Waals surface area contributed by atoms with E-state index in [2.05, 4.69) is 50.6 Å². The van der Waals surface area contributed by atoms with Crippen molar-refractivity contribution < 1.29 is 33.8 Å². The summed E-state index contributed by atoms with van der Waals surface area (Å²) in [5, 5.41) is 19.0. The Bertz CT molecular complexity index is 1170. The van der Waals surface area contributed by atoms with Gasteiger partial charge in [-0.05, 0) is 44.2 Å². The molecule has 1 aromatic rings. The van der Waals surface area contributed by atoms with Crippen LogP contribution in [0.4, 0.5) is 0 Å². The maximum atomic E-state index is 12.7. The number of aliphatic hydroxyl groups excluding tert-OH is 1. The maximum Gasteiger partial charge on any atom is 0.242 e. The average molecular weight is 751 g/mol. The maximum absolute atomic E-state index is 12.7. The number of aliphatic hydroxyl groups is 1. The highest BCUT2D eigenvalue weighted by molar-refractivity contribution is 5.87. The number of likely N-dealkylation sites (tertiary alicyclic amines) is 1. The zero-order valence-corrected chi connectivity index (χ0v) is 34.9. The summed E-state index contributed by atoms with van der Waals surface area (Å²) in [5.74, 6) is -0.487. The van der Waals surface area contributed by atoms with Crippen molar-refractivity contribution in [3.8, 4) is 0 Å². The molecule has 0 aliphatic carbocycles. The second-order valence-electron chi connectivity index (χ2n) is 14.5. The predicted octanol–water partition coefficient (Wildman–Crippen LogP) is 3.49. The van der Waals surface area contributed by atoms with E-state index in [4.69, 9.17) is 15.2 Å². The third-order valence-electron chi connectivity index (χ3n) is 9.92. The van der Waals surface area contributed by atoms with E-state index in [0.717, 1.165) is 24.8 Å². The van der Waals surface area contributed by atoms with Crippen LogP contribution in [0, 0.1) is 17.8 Å². The topological polar surface area (TPSA) is 176 Å². The number of carbonyl (C=O) groups excluding carboxylic acids is 4. The number of hydrogen-bond donors (Lipinski definition) is 5. The zero-order chi connectivity index (χ0) is 40.8. The van der Waals surface area contributed by atoms with Gasteiger partial charge in [-0.25, -0.2) is 0 Å². The molecule has 4 amide bonds. The summed E-state index contributed by atoms with van der Waals surface area (Å²) < 4.78 is 11.1. The molecule has 1 heterocycles. The number of benzene rings is 1. The molecule has 0 bridgehead atoms. The number of methoxy groups -OCH3 is 2. The molecule has 6 N–H and O–H groups in total. The number of likely N-dealkylation sites (N-methyl/N-ethyl adjacent to an activating group) is 2. The molecule has 2 rings (SSSR count). The Hall–Kier alpha value is -3.10. The van der Waals surface area contributed by atoms with Crippen LogP contribution in [-0.2, 0) is 28.7 Å². The van der Waals surface area contributed by atoms with Crippen molar-refractivity contribution in [1.29, 1.82) is 0 Å². The van der Waals surface area contributed by atoms with Crippen LogP contribution < -0.4 is 21.7 Å². The highest BCUT2D eigenvalue weighted by Gasteiger charge is 2.40. The molecule has 10 atom stereocenters. The highest BCUT2D eigenvalue weighted by Crippen LogP contribution is 2.26. The van der Waals surface area contributed by atoms with Crippen molar-refractivity contribution in [2.24, 2.45) is 23.5 Å². The minimum absolute atomic E-state index is 0.000372. The van der Waals surface area contributed by atoms with E-state index in [1.807, 2.05) is 44.2 Å². The number of ether oxygens (including phenoxy) is 2. The van der Waals surface area contributed by atoms with E-state index in [9.17, 15) is 24.3 Å². The van der Waals surface area contributed by atoms with Gasteiger partial charge >= 0.3 is 0 Å². The number of hydrogen-bond acceptors (Lipinski definition) is 9. The van der Waals surface area contributed by atoms with Crippen molar-refractivity contribution in [2.75, 3.05) is 41.4 Å². The molecule has 53 heavy (non-hydrogen) atoms. The average Bonchev–Trinajstić information content (AvgIpc) is 3.52. The summed E-state index contributed by atoms with van der Waals surface area (Å²) in [6.07, 6.45) is 3.13. The third kappa shape index (κ3) is 16.0. The lowest BCUT2D eigenvalue weighted by atomic mass is 9.91. The minimum Gasteiger partial charge on any atom is -0.386 e. The van der Waals surface area contributed by atoms with Crippen LogP contribution in [0.3, 0.4) is 0 Å². The van der Waals surface area contributed by atoms with Crippen molar-refractivity contribution in [3.05, 3.63) is 35.9 Å². The Morgan fingerprint density at radius 3 is 2.04 bits per heavy atom. The Balaban J connectivity index is 0.000000953. The zero-order valence-electron chi connectivity index (χ0n) is 34.9. The molecule has 1 fully saturated rings. The summed E-state index contributed by atoms with van der Waals surface area (Å²) in [4.78, 5) is 52.0. The Morgan fingerprint density at radius 2 is 1.58 bits per heavy atom. The quantitative estimate of drug-likeness (QED) is 0.133. The van der Waals surface area contributed by atoms with Crippen LogP contribution in [0.5, 0.6) is 0 Å². The van der Waals surface area contributed by atoms with Crippen molar-refractivity contribution in [1.82, 2.24) is 25.8 Å². The number of nitrogens with two attached hydrogens (primary N) is 1. The molecule has 10 unspecified atom stereocenters. The van der Waals surface area contributed by atoms with E-state index < -0.39 is 24.2 Å². The largest absolute Gasteiger partial charge is 0.386 e. The van der Waals surface area contributed by atoms with Gasteiger partial charge in [-0.3, -0.25) is 19.2 Å². The van der Waals surface area contributed by atoms with E-state index in [-0.39, 0.29) is 60.5 Å². The van der Waals surface area contributed by atoms with Crippen molar-refractivity contribution in [2.45, 2.75) is 137 Å². The van der Waals surface area contributed by atoms with E-state index >= 15 is 0 Å². The van der Waals surface area contributed by atoms with Crippen LogP contribution in [0.2, 0.25) is 0 Å². The van der Waals surface area contributed by atoms with Crippen LogP contribution >= 0.6 is 0 Å². The van der Waals surface area contributed by atoms with Crippen molar-refractivity contribution in [3.63, 3.8) is 0 Å². The van der Waals surface area contributed by atoms with Crippen LogP contribution in [0.1, 0.15) is 99.7 Å². The molecule has 306 valence electrons. The molecule has 0 aromatic heterocycles. The molecule has 1 saturated heterocycles. The van der Waals surface area contributed by atoms with Gasteiger partial charge in [0.25, 0.3) is 0 Å². The number of rotatable bonds is 19. The lowest BCUT2D eigenvalue weighted by Gasteiger charge is -2.37. The first-order valence-corrected chi connectivity index (χ1v) is 19.3. The van der Waals surface area contributed by atoms with E-state index in [1.165, 1.54) is 13.5 Å². The SMILES string of the molecule is CCC.CCC(C)C(C(CC)OC)N(C)C(=O)CNC(=O)C(NC)C(C)C.COC(C(C)C(=O)NC(C)C(O)c1ccccc1)C1CC(N)CN1C=O. The van der Waals surface area contributed by atoms with E-state index in [1.54, 1.807) is 44.9 Å². The molecule has 1 aliphatic heterocycles. The fourth-order valence-corrected chi connectivity index (χ4v) is 6.71. The van der Waals surface area contributed by atoms with Gasteiger partial charge in [-0.15, -0.1) is 0 Å². The highest BCUT2D eigenvalue weighted by atomic mass is 16.5. The smallest absolute Gasteiger partial charge is 0.242 e. The Kier molecular flexibility index (Phi) is 25.1. The molecule has 0 saturated carbocycles. The van der Waals surface area contributed by atoms with Gasteiger partial charge in [-0.2, -0.15) is 0 Å². The first kappa shape index (κ1) is 49.9. The van der Waals surface area contributed by atoms with Gasteiger partial charge in [0.15, 0.2) is 0 Å². The summed E-state index contributed by atoms with van der Waals surface area (Å²) in [7, 11) is 6.76. The van der Waals surface area contributed by atoms with E-state index in [0.29, 0.717) is 18.9 Å². The fourth-order valence-electron chi connectivity index (χ4n) is 6.71. The van der Waals surface area contributed by atoms with Gasteiger partial charge < -0.3 is 46.1 Å². The van der Waals surface area contributed by atoms with Gasteiger partial charge in [0.2, 0.25) is 24.1 Å². The summed E-state index contributed by atoms with van der Waals surface area (Å²) in [6.45, 7) is 18.5. The first-order chi connectivity index (χ1) is 25.0. The standard InChI is InChI=1S/C19H29N3O4.C18H37N3O3.C3H8/c1-12(18(26-3)16-9-15(20)10-22(16)11-23)19(25)21-13(2)17(24)14-7-5-4-6-8-14;1-9-13(5)17(14(10-2)24-8)21(7)15(22)11-20-18(23)16(19-6)12(3)4;1-3-2/h4-8,11-13,15-18,24H,9-10,20H2,1-3H3,(H,21,25);12-14,16-17,19H,9-11H2,1-8H3,(H,20,23);3H2,1-2H3. The number of amides is 4. The molecule has 1 aliphatic rings. The first-order valence-electron chi connectivity index (χ1n) is 19.3. The summed E-state index contributed by atoms with van der Waals surface area (Å²) >= 11 is 0. The van der Waals surface area contributed by atoms with Crippen LogP contribution in [0.15, 0.2) is 30.3 Å². The molecule has 13 nitrogen and oxygen atoms in total. The van der Waals surface area contributed by atoms with Gasteiger partial charge in [0.1, 0.15) is 0 Å². The molecule has 0 spiro atoms. The second-order valence-corrected chi connectivity index (χ2v) is 14.5. The summed E-state index contributed by atoms with van der Waals surface area (Å²) in [5.41, 5.74) is 6.70. The number of nitrogens with zero attached hydrogens (tertiary/aromatic N) is 2.